The molecule has 37 heavy (non-hydrogen) atoms. The Balaban J connectivity index is 1.26. The number of carbonyl (C=O) groups is 1. The third-order valence-corrected chi connectivity index (χ3v) is 7.83. The number of thioether (sulfide) groups is 1. The lowest BCUT2D eigenvalue weighted by molar-refractivity contribution is -0.384. The summed E-state index contributed by atoms with van der Waals surface area (Å²) < 4.78 is 0. The summed E-state index contributed by atoms with van der Waals surface area (Å²) in [5, 5.41) is 11.1. The first kappa shape index (κ1) is 24.9. The van der Waals surface area contributed by atoms with Crippen LogP contribution >= 0.6 is 11.8 Å². The highest BCUT2D eigenvalue weighted by Crippen LogP contribution is 2.46. The highest BCUT2D eigenvalue weighted by molar-refractivity contribution is 8.04. The van der Waals surface area contributed by atoms with E-state index in [-0.39, 0.29) is 17.0 Å². The number of aromatic nitrogens is 2. The van der Waals surface area contributed by atoms with Crippen molar-refractivity contribution in [1.82, 2.24) is 19.8 Å². The minimum atomic E-state index is -0.393. The molecule has 0 saturated carbocycles. The van der Waals surface area contributed by atoms with Gasteiger partial charge in [-0.25, -0.2) is 9.97 Å². The van der Waals surface area contributed by atoms with Gasteiger partial charge in [0.15, 0.2) is 0 Å². The third-order valence-electron chi connectivity index (χ3n) is 6.54. The number of piperazine rings is 1. The zero-order chi connectivity index (χ0) is 25.6. The van der Waals surface area contributed by atoms with Crippen molar-refractivity contribution in [2.45, 2.75) is 11.8 Å². The zero-order valence-electron chi connectivity index (χ0n) is 20.3. The van der Waals surface area contributed by atoms with Crippen molar-refractivity contribution >= 4 is 35.4 Å². The van der Waals surface area contributed by atoms with Gasteiger partial charge in [-0.3, -0.25) is 19.8 Å². The predicted octanol–water partition coefficient (Wildman–Crippen LogP) is 4.21. The molecule has 10 heteroatoms. The number of nitro benzene ring substituents is 1. The zero-order valence-corrected chi connectivity index (χ0v) is 21.2. The lowest BCUT2D eigenvalue weighted by Gasteiger charge is -2.35. The summed E-state index contributed by atoms with van der Waals surface area (Å²) in [5.41, 5.74) is 1.75. The number of hydrogen-bond acceptors (Lipinski definition) is 8. The van der Waals surface area contributed by atoms with E-state index in [2.05, 4.69) is 19.8 Å². The molecule has 5 rings (SSSR count). The van der Waals surface area contributed by atoms with Gasteiger partial charge in [-0.05, 0) is 36.2 Å². The van der Waals surface area contributed by atoms with Crippen molar-refractivity contribution in [2.75, 3.05) is 44.2 Å². The maximum absolute atomic E-state index is 13.5. The van der Waals surface area contributed by atoms with Crippen LogP contribution in [0.3, 0.4) is 0 Å². The molecule has 0 spiro atoms. The van der Waals surface area contributed by atoms with Gasteiger partial charge >= 0.3 is 0 Å². The molecule has 190 valence electrons. The molecule has 2 aromatic carbocycles. The molecule has 2 aliphatic rings. The summed E-state index contributed by atoms with van der Waals surface area (Å²) in [6.45, 7) is 5.00. The Hall–Kier alpha value is -3.76. The Morgan fingerprint density at radius 2 is 1.73 bits per heavy atom. The Morgan fingerprint density at radius 3 is 2.46 bits per heavy atom. The van der Waals surface area contributed by atoms with Crippen molar-refractivity contribution in [3.63, 3.8) is 0 Å². The molecule has 3 aromatic rings. The molecule has 1 amide bonds. The number of amides is 1. The first-order valence-electron chi connectivity index (χ1n) is 12.3. The van der Waals surface area contributed by atoms with E-state index < -0.39 is 4.92 Å². The van der Waals surface area contributed by atoms with Crippen LogP contribution in [0.25, 0.3) is 6.08 Å². The molecule has 0 bridgehead atoms. The molecule has 2 fully saturated rings. The average molecular weight is 517 g/mol. The fourth-order valence-electron chi connectivity index (χ4n) is 4.63. The van der Waals surface area contributed by atoms with Gasteiger partial charge in [0, 0.05) is 57.3 Å². The second kappa shape index (κ2) is 11.5. The lowest BCUT2D eigenvalue weighted by Crippen LogP contribution is -2.47. The Labute approximate surface area is 220 Å². The number of carbonyl (C=O) groups excluding carboxylic acids is 1. The van der Waals surface area contributed by atoms with Crippen LogP contribution in [0.2, 0.25) is 0 Å². The smallest absolute Gasteiger partial charge is 0.269 e. The largest absolute Gasteiger partial charge is 0.338 e. The van der Waals surface area contributed by atoms with Crippen LogP contribution in [0.15, 0.2) is 78.0 Å². The van der Waals surface area contributed by atoms with E-state index in [0.29, 0.717) is 11.4 Å². The van der Waals surface area contributed by atoms with E-state index in [0.717, 1.165) is 56.2 Å². The molecule has 0 radical (unpaired) electrons. The van der Waals surface area contributed by atoms with Crippen LogP contribution in [0.5, 0.6) is 0 Å². The highest BCUT2D eigenvalue weighted by atomic mass is 32.2. The van der Waals surface area contributed by atoms with Gasteiger partial charge in [-0.1, -0.05) is 54.2 Å². The van der Waals surface area contributed by atoms with Gasteiger partial charge in [0.25, 0.3) is 11.6 Å². The minimum absolute atomic E-state index is 0.0311. The number of nitrogens with zero attached hydrogens (tertiary/aromatic N) is 6. The number of non-ortho nitro benzene ring substituents is 1. The molecule has 2 saturated heterocycles. The summed E-state index contributed by atoms with van der Waals surface area (Å²) in [5.74, 6) is 0.732. The van der Waals surface area contributed by atoms with Gasteiger partial charge in [0.2, 0.25) is 5.95 Å². The first-order valence-corrected chi connectivity index (χ1v) is 13.2. The normalized spacial score (nSPS) is 19.5. The van der Waals surface area contributed by atoms with E-state index in [4.69, 9.17) is 0 Å². The molecular formula is C27H28N6O3S. The third kappa shape index (κ3) is 5.98. The minimum Gasteiger partial charge on any atom is -0.338 e. The average Bonchev–Trinajstić information content (AvgIpc) is 3.25. The summed E-state index contributed by atoms with van der Waals surface area (Å²) in [6, 6.07) is 18.2. The standard InChI is InChI=1S/C27H28N6O3S/c34-25-24(19-21-7-2-1-3-8-21)37-26(22-9-4-10-23(20-22)33(35)36)32(25)14-6-13-30-15-17-31(18-16-30)27-28-11-5-12-29-27/h1-5,7-12,19-20,26H,6,13-18H2/b24-19-. The molecule has 1 aromatic heterocycles. The van der Waals surface area contributed by atoms with Crippen molar-refractivity contribution in [3.05, 3.63) is 99.2 Å². The molecule has 1 atom stereocenters. The topological polar surface area (TPSA) is 95.7 Å². The molecule has 2 aliphatic heterocycles. The van der Waals surface area contributed by atoms with Crippen molar-refractivity contribution in [3.8, 4) is 0 Å². The van der Waals surface area contributed by atoms with Gasteiger partial charge in [-0.15, -0.1) is 0 Å². The summed E-state index contributed by atoms with van der Waals surface area (Å²) in [6.07, 6.45) is 6.25. The van der Waals surface area contributed by atoms with E-state index in [1.807, 2.05) is 53.4 Å². The first-order chi connectivity index (χ1) is 18.1. The van der Waals surface area contributed by atoms with Crippen molar-refractivity contribution in [1.29, 1.82) is 0 Å². The Bertz CT molecular complexity index is 1270. The lowest BCUT2D eigenvalue weighted by atomic mass is 10.1. The molecular weight excluding hydrogens is 488 g/mol. The van der Waals surface area contributed by atoms with Crippen LogP contribution in [0.4, 0.5) is 11.6 Å². The fourth-order valence-corrected chi connectivity index (χ4v) is 5.90. The molecule has 0 aliphatic carbocycles. The number of hydrogen-bond donors (Lipinski definition) is 0. The van der Waals surface area contributed by atoms with Gasteiger partial charge in [-0.2, -0.15) is 0 Å². The van der Waals surface area contributed by atoms with E-state index >= 15 is 0 Å². The van der Waals surface area contributed by atoms with E-state index in [1.165, 1.54) is 17.8 Å². The highest BCUT2D eigenvalue weighted by Gasteiger charge is 2.37. The van der Waals surface area contributed by atoms with Crippen molar-refractivity contribution in [2.24, 2.45) is 0 Å². The number of rotatable bonds is 8. The molecule has 9 nitrogen and oxygen atoms in total. The Kier molecular flexibility index (Phi) is 7.76. The van der Waals surface area contributed by atoms with Gasteiger partial charge in [0.05, 0.1) is 9.83 Å². The SMILES string of the molecule is O=C1/C(=C/c2ccccc2)SC(c2cccc([N+](=O)[O-])c2)N1CCCN1CCN(c2ncccn2)CC1. The van der Waals surface area contributed by atoms with Crippen LogP contribution in [0, 0.1) is 10.1 Å². The number of nitro groups is 1. The maximum atomic E-state index is 13.5. The summed E-state index contributed by atoms with van der Waals surface area (Å²) >= 11 is 1.46. The quantitative estimate of drug-likeness (QED) is 0.250. The fraction of sp³-hybridized carbons (Fsp3) is 0.296. The summed E-state index contributed by atoms with van der Waals surface area (Å²) in [4.78, 5) is 40.2. The monoisotopic (exact) mass is 516 g/mol. The van der Waals surface area contributed by atoms with Crippen LogP contribution in [-0.4, -0.2) is 69.9 Å². The number of anilines is 1. The second-order valence-electron chi connectivity index (χ2n) is 8.97. The number of benzene rings is 2. The maximum Gasteiger partial charge on any atom is 0.269 e. The van der Waals surface area contributed by atoms with Crippen molar-refractivity contribution < 1.29 is 9.72 Å². The van der Waals surface area contributed by atoms with Gasteiger partial charge < -0.3 is 9.80 Å². The molecule has 3 heterocycles. The molecule has 1 unspecified atom stereocenters. The van der Waals surface area contributed by atoms with Gasteiger partial charge in [0.1, 0.15) is 5.37 Å². The van der Waals surface area contributed by atoms with Crippen LogP contribution in [0.1, 0.15) is 22.9 Å². The second-order valence-corrected chi connectivity index (χ2v) is 10.1. The van der Waals surface area contributed by atoms with E-state index in [1.54, 1.807) is 24.5 Å². The van der Waals surface area contributed by atoms with E-state index in [9.17, 15) is 14.9 Å². The molecule has 0 N–H and O–H groups in total. The Morgan fingerprint density at radius 1 is 0.973 bits per heavy atom. The van der Waals surface area contributed by atoms with Crippen LogP contribution in [-0.2, 0) is 4.79 Å². The van der Waals surface area contributed by atoms with Crippen LogP contribution < -0.4 is 4.90 Å². The summed E-state index contributed by atoms with van der Waals surface area (Å²) in [7, 11) is 0. The predicted molar refractivity (Wildman–Crippen MR) is 145 cm³/mol.